The Hall–Kier alpha value is -1.13. The molecule has 18 heavy (non-hydrogen) atoms. The van der Waals surface area contributed by atoms with Gasteiger partial charge in [0.1, 0.15) is 18.2 Å². The van der Waals surface area contributed by atoms with Gasteiger partial charge in [0.15, 0.2) is 0 Å². The van der Waals surface area contributed by atoms with Gasteiger partial charge in [-0.15, -0.1) is 0 Å². The smallest absolute Gasteiger partial charge is 0.126 e. The molecule has 0 unspecified atom stereocenters. The highest BCUT2D eigenvalue weighted by molar-refractivity contribution is 5.22. The van der Waals surface area contributed by atoms with Crippen LogP contribution in [0.1, 0.15) is 20.3 Å². The third-order valence-corrected chi connectivity index (χ3v) is 2.91. The highest BCUT2D eigenvalue weighted by Crippen LogP contribution is 2.12. The van der Waals surface area contributed by atoms with Crippen LogP contribution in [-0.4, -0.2) is 42.4 Å². The van der Waals surface area contributed by atoms with Crippen molar-refractivity contribution in [2.75, 3.05) is 26.7 Å². The Morgan fingerprint density at radius 3 is 2.78 bits per heavy atom. The Kier molecular flexibility index (Phi) is 5.56. The fourth-order valence-corrected chi connectivity index (χ4v) is 1.65. The van der Waals surface area contributed by atoms with E-state index < -0.39 is 5.60 Å². The van der Waals surface area contributed by atoms with Gasteiger partial charge in [0.05, 0.1) is 5.60 Å². The van der Waals surface area contributed by atoms with Gasteiger partial charge in [0.25, 0.3) is 0 Å². The summed E-state index contributed by atoms with van der Waals surface area (Å²) in [5.74, 6) is 0.237. The van der Waals surface area contributed by atoms with Gasteiger partial charge in [-0.25, -0.2) is 4.39 Å². The average Bonchev–Trinajstić information content (AvgIpc) is 2.28. The van der Waals surface area contributed by atoms with Crippen LogP contribution in [0, 0.1) is 5.82 Å². The lowest BCUT2D eigenvalue weighted by Gasteiger charge is -2.27. The summed E-state index contributed by atoms with van der Waals surface area (Å²) >= 11 is 0. The molecule has 0 aliphatic carbocycles. The number of aliphatic hydroxyl groups is 1. The van der Waals surface area contributed by atoms with E-state index in [9.17, 15) is 9.50 Å². The Bertz CT molecular complexity index is 369. The number of halogens is 1. The minimum Gasteiger partial charge on any atom is -0.492 e. The second-order valence-electron chi connectivity index (χ2n) is 4.89. The van der Waals surface area contributed by atoms with Crippen molar-refractivity contribution in [2.45, 2.75) is 25.9 Å². The maximum Gasteiger partial charge on any atom is 0.126 e. The molecule has 0 amide bonds. The van der Waals surface area contributed by atoms with Crippen LogP contribution in [0.4, 0.5) is 4.39 Å². The Labute approximate surface area is 108 Å². The van der Waals surface area contributed by atoms with E-state index >= 15 is 0 Å². The molecule has 0 saturated heterocycles. The van der Waals surface area contributed by atoms with E-state index in [-0.39, 0.29) is 5.82 Å². The molecule has 0 spiro atoms. The zero-order chi connectivity index (χ0) is 13.6. The summed E-state index contributed by atoms with van der Waals surface area (Å²) in [5.41, 5.74) is -0.673. The quantitative estimate of drug-likeness (QED) is 0.811. The van der Waals surface area contributed by atoms with E-state index in [4.69, 9.17) is 4.74 Å². The van der Waals surface area contributed by atoms with E-state index in [1.807, 2.05) is 25.8 Å². The maximum absolute atomic E-state index is 12.9. The van der Waals surface area contributed by atoms with E-state index in [1.165, 1.54) is 12.1 Å². The number of hydrogen-bond donors (Lipinski definition) is 1. The molecule has 1 aromatic rings. The van der Waals surface area contributed by atoms with Gasteiger partial charge in [0, 0.05) is 19.2 Å². The molecular formula is C14H22FNO2. The molecular weight excluding hydrogens is 233 g/mol. The van der Waals surface area contributed by atoms with Crippen LogP contribution >= 0.6 is 0 Å². The van der Waals surface area contributed by atoms with Crippen molar-refractivity contribution in [3.8, 4) is 5.75 Å². The van der Waals surface area contributed by atoms with Crippen molar-refractivity contribution in [2.24, 2.45) is 0 Å². The lowest BCUT2D eigenvalue weighted by Crippen LogP contribution is -2.39. The highest BCUT2D eigenvalue weighted by atomic mass is 19.1. The molecule has 0 saturated carbocycles. The van der Waals surface area contributed by atoms with Crippen LogP contribution in [-0.2, 0) is 0 Å². The number of ether oxygens (including phenoxy) is 1. The monoisotopic (exact) mass is 255 g/mol. The Morgan fingerprint density at radius 2 is 2.17 bits per heavy atom. The van der Waals surface area contributed by atoms with Crippen LogP contribution < -0.4 is 4.74 Å². The number of hydrogen-bond acceptors (Lipinski definition) is 3. The van der Waals surface area contributed by atoms with Gasteiger partial charge in [-0.2, -0.15) is 0 Å². The molecule has 1 aromatic carbocycles. The van der Waals surface area contributed by atoms with Crippen molar-refractivity contribution >= 4 is 0 Å². The number of nitrogens with zero attached hydrogens (tertiary/aromatic N) is 1. The van der Waals surface area contributed by atoms with Crippen LogP contribution in [0.5, 0.6) is 5.75 Å². The van der Waals surface area contributed by atoms with Gasteiger partial charge in [-0.3, -0.25) is 0 Å². The number of benzene rings is 1. The third kappa shape index (κ3) is 5.47. The molecule has 1 atom stereocenters. The molecule has 4 heteroatoms. The first-order valence-corrected chi connectivity index (χ1v) is 6.22. The molecule has 1 N–H and O–H groups in total. The second kappa shape index (κ2) is 6.71. The van der Waals surface area contributed by atoms with Gasteiger partial charge in [-0.1, -0.05) is 13.0 Å². The van der Waals surface area contributed by atoms with E-state index in [1.54, 1.807) is 12.1 Å². The van der Waals surface area contributed by atoms with Crippen LogP contribution in [0.15, 0.2) is 24.3 Å². The standard InChI is InChI=1S/C14H22FNO2/c1-4-14(2,17)11-16(3)8-9-18-13-7-5-6-12(15)10-13/h5-7,10,17H,4,8-9,11H2,1-3H3/t14-/m1/s1. The normalized spacial score (nSPS) is 14.6. The van der Waals surface area contributed by atoms with Crippen molar-refractivity contribution in [3.63, 3.8) is 0 Å². The molecule has 0 fully saturated rings. The summed E-state index contributed by atoms with van der Waals surface area (Å²) < 4.78 is 18.3. The predicted molar refractivity (Wildman–Crippen MR) is 70.3 cm³/mol. The molecule has 0 heterocycles. The predicted octanol–water partition coefficient (Wildman–Crippen LogP) is 2.30. The lowest BCUT2D eigenvalue weighted by atomic mass is 10.0. The van der Waals surface area contributed by atoms with Gasteiger partial charge in [-0.05, 0) is 32.5 Å². The third-order valence-electron chi connectivity index (χ3n) is 2.91. The van der Waals surface area contributed by atoms with E-state index in [0.717, 1.165) is 0 Å². The topological polar surface area (TPSA) is 32.7 Å². The van der Waals surface area contributed by atoms with Crippen molar-refractivity contribution < 1.29 is 14.2 Å². The molecule has 0 aliphatic heterocycles. The molecule has 1 rings (SSSR count). The summed E-state index contributed by atoms with van der Waals surface area (Å²) in [5, 5.41) is 9.91. The summed E-state index contributed by atoms with van der Waals surface area (Å²) in [6, 6.07) is 6.10. The van der Waals surface area contributed by atoms with E-state index in [0.29, 0.717) is 31.9 Å². The Balaban J connectivity index is 2.29. The summed E-state index contributed by atoms with van der Waals surface area (Å²) in [4.78, 5) is 2.00. The zero-order valence-electron chi connectivity index (χ0n) is 11.3. The second-order valence-corrected chi connectivity index (χ2v) is 4.89. The van der Waals surface area contributed by atoms with Gasteiger partial charge in [0.2, 0.25) is 0 Å². The summed E-state index contributed by atoms with van der Waals surface area (Å²) in [6.45, 7) is 5.52. The van der Waals surface area contributed by atoms with Gasteiger partial charge >= 0.3 is 0 Å². The molecule has 3 nitrogen and oxygen atoms in total. The van der Waals surface area contributed by atoms with Crippen molar-refractivity contribution in [3.05, 3.63) is 30.1 Å². The maximum atomic E-state index is 12.9. The molecule has 0 radical (unpaired) electrons. The van der Waals surface area contributed by atoms with Crippen LogP contribution in [0.3, 0.4) is 0 Å². The van der Waals surface area contributed by atoms with Crippen molar-refractivity contribution in [1.29, 1.82) is 0 Å². The lowest BCUT2D eigenvalue weighted by molar-refractivity contribution is 0.0210. The first-order valence-electron chi connectivity index (χ1n) is 6.22. The number of likely N-dealkylation sites (N-methyl/N-ethyl adjacent to an activating group) is 1. The average molecular weight is 255 g/mol. The summed E-state index contributed by atoms with van der Waals surface area (Å²) in [6.07, 6.45) is 0.710. The largest absolute Gasteiger partial charge is 0.492 e. The Morgan fingerprint density at radius 1 is 1.44 bits per heavy atom. The zero-order valence-corrected chi connectivity index (χ0v) is 11.3. The molecule has 0 aliphatic rings. The minimum absolute atomic E-state index is 0.297. The first kappa shape index (κ1) is 14.9. The van der Waals surface area contributed by atoms with Crippen LogP contribution in [0.25, 0.3) is 0 Å². The fourth-order valence-electron chi connectivity index (χ4n) is 1.65. The van der Waals surface area contributed by atoms with Crippen molar-refractivity contribution in [1.82, 2.24) is 4.90 Å². The molecule has 0 bridgehead atoms. The first-order chi connectivity index (χ1) is 8.43. The molecule has 0 aromatic heterocycles. The van der Waals surface area contributed by atoms with Gasteiger partial charge < -0.3 is 14.7 Å². The number of rotatable bonds is 7. The van der Waals surface area contributed by atoms with Crippen LogP contribution in [0.2, 0.25) is 0 Å². The van der Waals surface area contributed by atoms with E-state index in [2.05, 4.69) is 0 Å². The molecule has 102 valence electrons. The SMILES string of the molecule is CC[C@@](C)(O)CN(C)CCOc1cccc(F)c1. The summed E-state index contributed by atoms with van der Waals surface area (Å²) in [7, 11) is 1.93. The minimum atomic E-state index is -0.673. The fraction of sp³-hybridized carbons (Fsp3) is 0.571. The highest BCUT2D eigenvalue weighted by Gasteiger charge is 2.19.